The predicted octanol–water partition coefficient (Wildman–Crippen LogP) is 1.28. The Labute approximate surface area is 86.4 Å². The van der Waals surface area contributed by atoms with E-state index in [1.54, 1.807) is 11.8 Å². The number of fused-ring (bicyclic) bond motifs is 1. The Morgan fingerprint density at radius 2 is 2.38 bits per heavy atom. The van der Waals surface area contributed by atoms with Crippen molar-refractivity contribution in [3.05, 3.63) is 22.7 Å². The quantitative estimate of drug-likeness (QED) is 0.564. The van der Waals surface area contributed by atoms with Crippen LogP contribution in [0, 0.1) is 0 Å². The molecule has 0 atom stereocenters. The zero-order valence-corrected chi connectivity index (χ0v) is 8.65. The zero-order valence-electron chi connectivity index (χ0n) is 7.08. The van der Waals surface area contributed by atoms with Crippen LogP contribution in [0.1, 0.15) is 5.56 Å². The van der Waals surface area contributed by atoms with E-state index in [1.807, 2.05) is 18.4 Å². The lowest BCUT2D eigenvalue weighted by Gasteiger charge is -2.05. The van der Waals surface area contributed by atoms with E-state index in [0.717, 1.165) is 15.9 Å². The molecule has 68 valence electrons. The van der Waals surface area contributed by atoms with Gasteiger partial charge in [-0.15, -0.1) is 11.8 Å². The molecule has 0 unspecified atom stereocenters. The van der Waals surface area contributed by atoms with E-state index in [1.165, 1.54) is 0 Å². The van der Waals surface area contributed by atoms with Gasteiger partial charge in [0.2, 0.25) is 0 Å². The van der Waals surface area contributed by atoms with E-state index in [2.05, 4.69) is 0 Å². The fourth-order valence-electron chi connectivity index (χ4n) is 1.47. The minimum absolute atomic E-state index is 0.449. The van der Waals surface area contributed by atoms with Gasteiger partial charge in [0.25, 0.3) is 0 Å². The van der Waals surface area contributed by atoms with Gasteiger partial charge in [-0.3, -0.25) is 0 Å². The Balaban J connectivity index is 2.57. The largest absolute Gasteiger partial charge is 0.492 e. The fourth-order valence-corrected chi connectivity index (χ4v) is 2.47. The van der Waals surface area contributed by atoms with Crippen LogP contribution in [-0.2, 0) is 11.3 Å². The summed E-state index contributed by atoms with van der Waals surface area (Å²) in [6.45, 7) is 0.449. The maximum absolute atomic E-state index is 9.51. The van der Waals surface area contributed by atoms with Crippen molar-refractivity contribution in [1.29, 1.82) is 0 Å². The summed E-state index contributed by atoms with van der Waals surface area (Å²) in [5, 5.41) is 10.2. The van der Waals surface area contributed by atoms with Crippen molar-refractivity contribution in [3.8, 4) is 0 Å². The molecule has 1 heterocycles. The van der Waals surface area contributed by atoms with Gasteiger partial charge >= 0.3 is 7.12 Å². The summed E-state index contributed by atoms with van der Waals surface area (Å²) in [6, 6.07) is 3.69. The van der Waals surface area contributed by atoms with Gasteiger partial charge in [-0.05, 0) is 24.0 Å². The standard InChI is InChI=1S/C8H8BClO2S/c1-13-7-3-6(10)2-5-4-12-9(11)8(5)7/h2-3,11H,4H2,1H3. The minimum atomic E-state index is -0.783. The number of halogens is 1. The highest BCUT2D eigenvalue weighted by Crippen LogP contribution is 2.24. The van der Waals surface area contributed by atoms with E-state index in [4.69, 9.17) is 16.3 Å². The van der Waals surface area contributed by atoms with Crippen molar-refractivity contribution in [2.75, 3.05) is 6.26 Å². The maximum atomic E-state index is 9.51. The van der Waals surface area contributed by atoms with Crippen LogP contribution in [0.3, 0.4) is 0 Å². The van der Waals surface area contributed by atoms with Crippen LogP contribution in [-0.4, -0.2) is 18.4 Å². The monoisotopic (exact) mass is 214 g/mol. The molecule has 1 aliphatic rings. The molecule has 0 amide bonds. The Morgan fingerprint density at radius 1 is 1.62 bits per heavy atom. The zero-order chi connectivity index (χ0) is 9.42. The first-order valence-electron chi connectivity index (χ1n) is 3.88. The molecule has 0 fully saturated rings. The fraction of sp³-hybridized carbons (Fsp3) is 0.250. The predicted molar refractivity (Wildman–Crippen MR) is 55.6 cm³/mol. The topological polar surface area (TPSA) is 29.5 Å². The van der Waals surface area contributed by atoms with E-state index in [9.17, 15) is 5.02 Å². The third-order valence-electron chi connectivity index (χ3n) is 2.06. The number of hydrogen-bond acceptors (Lipinski definition) is 3. The first-order valence-corrected chi connectivity index (χ1v) is 5.48. The summed E-state index contributed by atoms with van der Waals surface area (Å²) >= 11 is 7.47. The molecule has 0 saturated carbocycles. The molecule has 0 spiro atoms. The third-order valence-corrected chi connectivity index (χ3v) is 3.05. The Bertz CT molecular complexity index is 345. The van der Waals surface area contributed by atoms with Gasteiger partial charge in [0.15, 0.2) is 0 Å². The summed E-state index contributed by atoms with van der Waals surface area (Å²) in [6.07, 6.45) is 1.96. The molecular formula is C8H8BClO2S. The highest BCUT2D eigenvalue weighted by Gasteiger charge is 2.30. The summed E-state index contributed by atoms with van der Waals surface area (Å²) in [7, 11) is -0.783. The van der Waals surface area contributed by atoms with E-state index < -0.39 is 7.12 Å². The minimum Gasteiger partial charge on any atom is -0.423 e. The van der Waals surface area contributed by atoms with Crippen molar-refractivity contribution >= 4 is 35.9 Å². The van der Waals surface area contributed by atoms with Gasteiger partial charge in [-0.25, -0.2) is 0 Å². The van der Waals surface area contributed by atoms with Crippen LogP contribution < -0.4 is 5.46 Å². The van der Waals surface area contributed by atoms with Crippen molar-refractivity contribution in [1.82, 2.24) is 0 Å². The third kappa shape index (κ3) is 1.59. The molecule has 0 bridgehead atoms. The first kappa shape index (κ1) is 9.40. The lowest BCUT2D eigenvalue weighted by atomic mass is 9.79. The Kier molecular flexibility index (Phi) is 2.56. The molecule has 1 aromatic rings. The van der Waals surface area contributed by atoms with Gasteiger partial charge in [0, 0.05) is 15.4 Å². The number of hydrogen-bond donors (Lipinski definition) is 1. The molecule has 0 aromatic heterocycles. The smallest absolute Gasteiger partial charge is 0.423 e. The second-order valence-electron chi connectivity index (χ2n) is 2.84. The molecule has 2 nitrogen and oxygen atoms in total. The average Bonchev–Trinajstić information content (AvgIpc) is 2.46. The lowest BCUT2D eigenvalue weighted by Crippen LogP contribution is -2.29. The summed E-state index contributed by atoms with van der Waals surface area (Å²) < 4.78 is 5.10. The molecule has 5 heteroatoms. The number of benzene rings is 1. The second kappa shape index (κ2) is 3.54. The van der Waals surface area contributed by atoms with Crippen molar-refractivity contribution in [2.24, 2.45) is 0 Å². The summed E-state index contributed by atoms with van der Waals surface area (Å²) in [5.74, 6) is 0. The molecular weight excluding hydrogens is 206 g/mol. The van der Waals surface area contributed by atoms with Gasteiger partial charge in [0.05, 0.1) is 6.61 Å². The molecule has 1 aromatic carbocycles. The highest BCUT2D eigenvalue weighted by molar-refractivity contribution is 7.98. The molecule has 2 rings (SSSR count). The molecule has 13 heavy (non-hydrogen) atoms. The van der Waals surface area contributed by atoms with E-state index in [0.29, 0.717) is 11.6 Å². The van der Waals surface area contributed by atoms with Crippen molar-refractivity contribution in [2.45, 2.75) is 11.5 Å². The molecule has 0 radical (unpaired) electrons. The Morgan fingerprint density at radius 3 is 3.08 bits per heavy atom. The molecule has 0 aliphatic carbocycles. The highest BCUT2D eigenvalue weighted by atomic mass is 35.5. The lowest BCUT2D eigenvalue weighted by molar-refractivity contribution is 0.275. The van der Waals surface area contributed by atoms with Crippen LogP contribution in [0.15, 0.2) is 17.0 Å². The van der Waals surface area contributed by atoms with Gasteiger partial charge in [0.1, 0.15) is 0 Å². The van der Waals surface area contributed by atoms with Crippen molar-refractivity contribution < 1.29 is 9.68 Å². The Hall–Kier alpha value is -0.155. The number of rotatable bonds is 1. The van der Waals surface area contributed by atoms with Crippen LogP contribution in [0.4, 0.5) is 0 Å². The van der Waals surface area contributed by atoms with Crippen molar-refractivity contribution in [3.63, 3.8) is 0 Å². The SMILES string of the molecule is CSc1cc(Cl)cc2c1B(O)OC2. The molecule has 1 aliphatic heterocycles. The van der Waals surface area contributed by atoms with Gasteiger partial charge in [-0.2, -0.15) is 0 Å². The molecule has 1 N–H and O–H groups in total. The summed E-state index contributed by atoms with van der Waals surface area (Å²) in [5.41, 5.74) is 1.86. The van der Waals surface area contributed by atoms with Crippen LogP contribution in [0.25, 0.3) is 0 Å². The maximum Gasteiger partial charge on any atom is 0.492 e. The van der Waals surface area contributed by atoms with Gasteiger partial charge < -0.3 is 9.68 Å². The molecule has 0 saturated heterocycles. The first-order chi connectivity index (χ1) is 6.22. The van der Waals surface area contributed by atoms with E-state index in [-0.39, 0.29) is 0 Å². The van der Waals surface area contributed by atoms with Gasteiger partial charge in [-0.1, -0.05) is 11.6 Å². The van der Waals surface area contributed by atoms with Crippen LogP contribution in [0.2, 0.25) is 5.02 Å². The second-order valence-corrected chi connectivity index (χ2v) is 4.13. The number of thioether (sulfide) groups is 1. The normalized spacial score (nSPS) is 14.8. The van der Waals surface area contributed by atoms with Crippen LogP contribution in [0.5, 0.6) is 0 Å². The van der Waals surface area contributed by atoms with E-state index >= 15 is 0 Å². The van der Waals surface area contributed by atoms with Crippen LogP contribution >= 0.6 is 23.4 Å². The summed E-state index contributed by atoms with van der Waals surface area (Å²) in [4.78, 5) is 0.993. The average molecular weight is 214 g/mol.